The maximum atomic E-state index is 12.8. The number of hydrogen-bond donors (Lipinski definition) is 1. The molecule has 4 rings (SSSR count). The molecule has 6 heteroatoms. The minimum absolute atomic E-state index is 0.00127. The monoisotopic (exact) mass is 408 g/mol. The normalized spacial score (nSPS) is 21.6. The summed E-state index contributed by atoms with van der Waals surface area (Å²) in [6.07, 6.45) is 2.10. The number of nitrogens with zero attached hydrogens (tertiary/aromatic N) is 1. The average molecular weight is 408 g/mol. The summed E-state index contributed by atoms with van der Waals surface area (Å²) in [7, 11) is 1.53. The van der Waals surface area contributed by atoms with Crippen molar-refractivity contribution < 1.29 is 19.1 Å². The van der Waals surface area contributed by atoms with E-state index in [-0.39, 0.29) is 30.3 Å². The molecule has 158 valence electrons. The van der Waals surface area contributed by atoms with Crippen LogP contribution >= 0.6 is 0 Å². The van der Waals surface area contributed by atoms with Gasteiger partial charge in [0, 0.05) is 26.6 Å². The number of ether oxygens (including phenoxy) is 2. The van der Waals surface area contributed by atoms with Crippen LogP contribution in [-0.4, -0.2) is 50.1 Å². The van der Waals surface area contributed by atoms with Gasteiger partial charge in [0.2, 0.25) is 11.8 Å². The van der Waals surface area contributed by atoms with Crippen LogP contribution in [-0.2, 0) is 14.3 Å². The van der Waals surface area contributed by atoms with E-state index in [4.69, 9.17) is 9.47 Å². The number of benzene rings is 2. The molecule has 2 heterocycles. The van der Waals surface area contributed by atoms with E-state index in [1.165, 1.54) is 7.11 Å². The first-order valence-electron chi connectivity index (χ1n) is 10.5. The topological polar surface area (TPSA) is 67.9 Å². The van der Waals surface area contributed by atoms with Crippen LogP contribution in [0.5, 0.6) is 5.75 Å². The van der Waals surface area contributed by atoms with Crippen LogP contribution in [0.3, 0.4) is 0 Å². The van der Waals surface area contributed by atoms with Gasteiger partial charge in [0.05, 0.1) is 12.3 Å². The summed E-state index contributed by atoms with van der Waals surface area (Å²) in [6, 6.07) is 16.0. The van der Waals surface area contributed by atoms with Crippen molar-refractivity contribution in [1.29, 1.82) is 0 Å². The van der Waals surface area contributed by atoms with Crippen LogP contribution in [0.25, 0.3) is 11.1 Å². The summed E-state index contributed by atoms with van der Waals surface area (Å²) < 4.78 is 11.0. The molecule has 0 saturated carbocycles. The zero-order chi connectivity index (χ0) is 20.9. The van der Waals surface area contributed by atoms with E-state index in [1.807, 2.05) is 53.4 Å². The van der Waals surface area contributed by atoms with E-state index < -0.39 is 0 Å². The quantitative estimate of drug-likeness (QED) is 0.843. The summed E-state index contributed by atoms with van der Waals surface area (Å²) in [4.78, 5) is 26.9. The van der Waals surface area contributed by atoms with E-state index in [0.717, 1.165) is 24.0 Å². The number of methoxy groups -OCH3 is 1. The van der Waals surface area contributed by atoms with Crippen molar-refractivity contribution in [2.45, 2.75) is 19.3 Å². The minimum Gasteiger partial charge on any atom is -0.491 e. The van der Waals surface area contributed by atoms with Gasteiger partial charge >= 0.3 is 0 Å². The summed E-state index contributed by atoms with van der Waals surface area (Å²) in [5.41, 5.74) is 2.85. The highest BCUT2D eigenvalue weighted by molar-refractivity contribution is 5.93. The predicted molar refractivity (Wildman–Crippen MR) is 115 cm³/mol. The van der Waals surface area contributed by atoms with E-state index in [2.05, 4.69) is 5.32 Å². The summed E-state index contributed by atoms with van der Waals surface area (Å²) in [6.45, 7) is 1.99. The van der Waals surface area contributed by atoms with E-state index in [1.54, 1.807) is 0 Å². The van der Waals surface area contributed by atoms with E-state index in [0.29, 0.717) is 37.6 Å². The molecule has 2 amide bonds. The third kappa shape index (κ3) is 4.65. The van der Waals surface area contributed by atoms with Crippen LogP contribution in [0.1, 0.15) is 19.3 Å². The Bertz CT molecular complexity index is 899. The number of carbonyl (C=O) groups is 2. The maximum Gasteiger partial charge on any atom is 0.248 e. The zero-order valence-electron chi connectivity index (χ0n) is 17.3. The van der Waals surface area contributed by atoms with Crippen molar-refractivity contribution in [3.8, 4) is 16.9 Å². The van der Waals surface area contributed by atoms with Crippen molar-refractivity contribution in [2.75, 3.05) is 38.7 Å². The standard InChI is InChI=1S/C24H28N2O4/c1-29-16-24(28)26-11-9-19-14-23(27)25-21-13-18(17-5-3-2-4-6-17)7-8-22(21)30-12-10-20(19)15-26/h2-8,13,19-20H,9-12,14-16H2,1H3,(H,25,27)/t19-,20-/m0/s1. The van der Waals surface area contributed by atoms with Crippen LogP contribution in [0.15, 0.2) is 48.5 Å². The fraction of sp³-hybridized carbons (Fsp3) is 0.417. The smallest absolute Gasteiger partial charge is 0.248 e. The Kier molecular flexibility index (Phi) is 6.33. The SMILES string of the molecule is COCC(=O)N1CC[C@H]2CC(=O)Nc3cc(-c4ccccc4)ccc3OCC[C@H]2C1. The van der Waals surface area contributed by atoms with Crippen LogP contribution in [0.2, 0.25) is 0 Å². The third-order valence-corrected chi connectivity index (χ3v) is 6.07. The number of rotatable bonds is 3. The first-order valence-corrected chi connectivity index (χ1v) is 10.5. The summed E-state index contributed by atoms with van der Waals surface area (Å²) in [5.74, 6) is 1.19. The third-order valence-electron chi connectivity index (χ3n) is 6.07. The average Bonchev–Trinajstić information content (AvgIpc) is 2.76. The lowest BCUT2D eigenvalue weighted by molar-refractivity contribution is -0.138. The van der Waals surface area contributed by atoms with Crippen molar-refractivity contribution >= 4 is 17.5 Å². The number of hydrogen-bond acceptors (Lipinski definition) is 4. The lowest BCUT2D eigenvalue weighted by Crippen LogP contribution is -2.46. The van der Waals surface area contributed by atoms with Gasteiger partial charge in [-0.05, 0) is 47.9 Å². The zero-order valence-corrected chi connectivity index (χ0v) is 17.3. The summed E-state index contributed by atoms with van der Waals surface area (Å²) in [5, 5.41) is 3.06. The Hall–Kier alpha value is -2.86. The van der Waals surface area contributed by atoms with Crippen molar-refractivity contribution in [3.05, 3.63) is 48.5 Å². The lowest BCUT2D eigenvalue weighted by atomic mass is 9.81. The maximum absolute atomic E-state index is 12.8. The van der Waals surface area contributed by atoms with Gasteiger partial charge in [-0.15, -0.1) is 0 Å². The van der Waals surface area contributed by atoms with Gasteiger partial charge in [-0.3, -0.25) is 9.59 Å². The molecular formula is C24H28N2O4. The number of anilines is 1. The minimum atomic E-state index is -0.00127. The molecular weight excluding hydrogens is 380 g/mol. The second kappa shape index (κ2) is 9.30. The fourth-order valence-electron chi connectivity index (χ4n) is 4.44. The first kappa shape index (κ1) is 20.4. The highest BCUT2D eigenvalue weighted by atomic mass is 16.5. The molecule has 0 aromatic heterocycles. The molecule has 1 fully saturated rings. The van der Waals surface area contributed by atoms with Crippen molar-refractivity contribution in [1.82, 2.24) is 4.90 Å². The molecule has 0 aliphatic carbocycles. The van der Waals surface area contributed by atoms with Crippen LogP contribution in [0, 0.1) is 11.8 Å². The molecule has 0 radical (unpaired) electrons. The second-order valence-corrected chi connectivity index (χ2v) is 8.05. The molecule has 6 nitrogen and oxygen atoms in total. The Morgan fingerprint density at radius 1 is 1.13 bits per heavy atom. The number of fused-ring (bicyclic) bond motifs is 2. The molecule has 2 aliphatic heterocycles. The summed E-state index contributed by atoms with van der Waals surface area (Å²) >= 11 is 0. The fourth-order valence-corrected chi connectivity index (χ4v) is 4.44. The van der Waals surface area contributed by atoms with Gasteiger partial charge in [0.15, 0.2) is 0 Å². The Balaban J connectivity index is 1.51. The van der Waals surface area contributed by atoms with Gasteiger partial charge in [0.1, 0.15) is 12.4 Å². The second-order valence-electron chi connectivity index (χ2n) is 8.05. The van der Waals surface area contributed by atoms with Gasteiger partial charge < -0.3 is 19.7 Å². The largest absolute Gasteiger partial charge is 0.491 e. The molecule has 0 unspecified atom stereocenters. The lowest BCUT2D eigenvalue weighted by Gasteiger charge is -2.39. The first-order chi connectivity index (χ1) is 14.6. The van der Waals surface area contributed by atoms with Crippen molar-refractivity contribution in [3.63, 3.8) is 0 Å². The van der Waals surface area contributed by atoms with Crippen molar-refractivity contribution in [2.24, 2.45) is 11.8 Å². The van der Waals surface area contributed by atoms with Crippen LogP contribution in [0.4, 0.5) is 5.69 Å². The number of likely N-dealkylation sites (tertiary alicyclic amines) is 1. The molecule has 1 N–H and O–H groups in total. The van der Waals surface area contributed by atoms with Crippen LogP contribution < -0.4 is 10.1 Å². The number of amides is 2. The number of carbonyl (C=O) groups excluding carboxylic acids is 2. The Morgan fingerprint density at radius 2 is 1.97 bits per heavy atom. The Morgan fingerprint density at radius 3 is 2.77 bits per heavy atom. The molecule has 2 atom stereocenters. The molecule has 1 saturated heterocycles. The predicted octanol–water partition coefficient (Wildman–Crippen LogP) is 3.58. The molecule has 2 aliphatic rings. The highest BCUT2D eigenvalue weighted by Crippen LogP contribution is 2.35. The molecule has 0 spiro atoms. The number of piperidine rings is 1. The van der Waals surface area contributed by atoms with E-state index in [9.17, 15) is 9.59 Å². The molecule has 2 aromatic carbocycles. The molecule has 2 aromatic rings. The van der Waals surface area contributed by atoms with Gasteiger partial charge in [-0.2, -0.15) is 0 Å². The van der Waals surface area contributed by atoms with Gasteiger partial charge in [-0.1, -0.05) is 36.4 Å². The number of nitrogens with one attached hydrogen (secondary N) is 1. The Labute approximate surface area is 177 Å². The highest BCUT2D eigenvalue weighted by Gasteiger charge is 2.33. The van der Waals surface area contributed by atoms with Gasteiger partial charge in [-0.25, -0.2) is 0 Å². The molecule has 30 heavy (non-hydrogen) atoms. The van der Waals surface area contributed by atoms with Gasteiger partial charge in [0.25, 0.3) is 0 Å². The molecule has 0 bridgehead atoms. The van der Waals surface area contributed by atoms with E-state index >= 15 is 0 Å².